The number of alkyl halides is 3. The van der Waals surface area contributed by atoms with Crippen LogP contribution in [0, 0.1) is 17.3 Å². The molecule has 198 valence electrons. The summed E-state index contributed by atoms with van der Waals surface area (Å²) in [7, 11) is 0. The first-order valence-electron chi connectivity index (χ1n) is 11.7. The predicted octanol–water partition coefficient (Wildman–Crippen LogP) is 5.92. The van der Waals surface area contributed by atoms with Crippen LogP contribution in [-0.2, 0) is 11.0 Å². The summed E-state index contributed by atoms with van der Waals surface area (Å²) in [5.74, 6) is 5.31. The van der Waals surface area contributed by atoms with Gasteiger partial charge < -0.3 is 10.4 Å². The fourth-order valence-corrected chi connectivity index (χ4v) is 3.47. The summed E-state index contributed by atoms with van der Waals surface area (Å²) in [6.07, 6.45) is -4.74. The normalized spacial score (nSPS) is 12.2. The van der Waals surface area contributed by atoms with Gasteiger partial charge in [-0.15, -0.1) is 0 Å². The predicted molar refractivity (Wildman–Crippen MR) is 137 cm³/mol. The van der Waals surface area contributed by atoms with Gasteiger partial charge in [0.1, 0.15) is 23.2 Å². The van der Waals surface area contributed by atoms with Crippen LogP contribution in [0.1, 0.15) is 44.6 Å². The second-order valence-electron chi connectivity index (χ2n) is 9.81. The number of anilines is 1. The molecule has 0 saturated heterocycles. The first-order valence-corrected chi connectivity index (χ1v) is 11.7. The number of hydrogen-bond acceptors (Lipinski definition) is 4. The summed E-state index contributed by atoms with van der Waals surface area (Å²) >= 11 is 0. The molecule has 0 saturated carbocycles. The van der Waals surface area contributed by atoms with E-state index in [1.807, 2.05) is 39.0 Å². The van der Waals surface area contributed by atoms with E-state index in [-0.39, 0.29) is 23.5 Å². The van der Waals surface area contributed by atoms with Crippen molar-refractivity contribution in [3.8, 4) is 23.0 Å². The highest BCUT2D eigenvalue weighted by Gasteiger charge is 2.32. The number of nitrogens with one attached hydrogen (secondary N) is 1. The zero-order chi connectivity index (χ0) is 28.1. The lowest BCUT2D eigenvalue weighted by atomic mass is 9.95. The number of carboxylic acid groups (broad SMARTS) is 1. The molecule has 7 nitrogen and oxygen atoms in total. The molecule has 10 heteroatoms. The van der Waals surface area contributed by atoms with Crippen LogP contribution in [0.25, 0.3) is 11.1 Å². The molecule has 1 unspecified atom stereocenters. The number of carbonyl (C=O) groups is 2. The van der Waals surface area contributed by atoms with Crippen LogP contribution >= 0.6 is 0 Å². The maximum Gasteiger partial charge on any atom is 0.433 e. The molecule has 2 heterocycles. The molecule has 2 aromatic heterocycles. The van der Waals surface area contributed by atoms with E-state index in [1.54, 1.807) is 18.2 Å². The third-order valence-electron chi connectivity index (χ3n) is 5.31. The third-order valence-corrected chi connectivity index (χ3v) is 5.31. The molecule has 38 heavy (non-hydrogen) atoms. The Labute approximate surface area is 218 Å². The highest BCUT2D eigenvalue weighted by molar-refractivity contribution is 5.96. The molecule has 0 radical (unpaired) electrons. The number of benzene rings is 1. The molecule has 1 atom stereocenters. The van der Waals surface area contributed by atoms with Gasteiger partial charge in [-0.25, -0.2) is 9.78 Å². The monoisotopic (exact) mass is 524 g/mol. The summed E-state index contributed by atoms with van der Waals surface area (Å²) in [6.45, 7) is 7.15. The Kier molecular flexibility index (Phi) is 8.41. The molecule has 3 aromatic rings. The molecule has 0 aliphatic carbocycles. The molecule has 2 amide bonds. The van der Waals surface area contributed by atoms with Crippen molar-refractivity contribution in [1.82, 2.24) is 14.9 Å². The Morgan fingerprint density at radius 1 is 1.03 bits per heavy atom. The summed E-state index contributed by atoms with van der Waals surface area (Å²) in [5, 5.41) is 12.3. The van der Waals surface area contributed by atoms with Crippen LogP contribution < -0.4 is 5.32 Å². The molecule has 0 aliphatic rings. The molecule has 0 bridgehead atoms. The molecular formula is C28H27F3N4O3. The average molecular weight is 525 g/mol. The SMILES string of the molecule is CC(C(=O)Nc1cc(-c2ccc(C(F)(F)F)nc2)cc(C#Cc2ccccc2)n1)N(CC(C)(C)C)C(=O)O. The van der Waals surface area contributed by atoms with E-state index in [0.29, 0.717) is 11.1 Å². The minimum atomic E-state index is -4.58. The van der Waals surface area contributed by atoms with E-state index in [1.165, 1.54) is 19.1 Å². The van der Waals surface area contributed by atoms with E-state index in [0.717, 1.165) is 22.7 Å². The largest absolute Gasteiger partial charge is 0.465 e. The van der Waals surface area contributed by atoms with Crippen molar-refractivity contribution < 1.29 is 27.9 Å². The summed E-state index contributed by atoms with van der Waals surface area (Å²) in [4.78, 5) is 33.7. The van der Waals surface area contributed by atoms with Gasteiger partial charge in [-0.2, -0.15) is 13.2 Å². The van der Waals surface area contributed by atoms with Gasteiger partial charge in [0.05, 0.1) is 0 Å². The quantitative estimate of drug-likeness (QED) is 0.405. The van der Waals surface area contributed by atoms with Crippen molar-refractivity contribution in [2.45, 2.75) is 39.9 Å². The lowest BCUT2D eigenvalue weighted by Gasteiger charge is -2.31. The third kappa shape index (κ3) is 7.80. The van der Waals surface area contributed by atoms with Gasteiger partial charge >= 0.3 is 12.3 Å². The van der Waals surface area contributed by atoms with Gasteiger partial charge in [0, 0.05) is 23.9 Å². The number of rotatable bonds is 5. The summed E-state index contributed by atoms with van der Waals surface area (Å²) in [5.41, 5.74) is 0.321. The first-order chi connectivity index (χ1) is 17.7. The standard InChI is InChI=1S/C28H27F3N4O3/c1-18(35(26(37)38)17-27(2,3)4)25(36)34-24-15-21(20-11-13-23(32-16-20)28(29,30)31)14-22(33-24)12-10-19-8-6-5-7-9-19/h5-9,11,13-16,18H,17H2,1-4H3,(H,37,38)(H,33,34,36). The van der Waals surface area contributed by atoms with Gasteiger partial charge in [0.2, 0.25) is 5.91 Å². The Hall–Kier alpha value is -4.39. The number of nitrogens with zero attached hydrogens (tertiary/aromatic N) is 3. The molecule has 0 aliphatic heterocycles. The number of carbonyl (C=O) groups excluding carboxylic acids is 1. The lowest BCUT2D eigenvalue weighted by Crippen LogP contribution is -2.48. The van der Waals surface area contributed by atoms with Gasteiger partial charge in [-0.1, -0.05) is 51.0 Å². The van der Waals surface area contributed by atoms with Crippen LogP contribution in [0.2, 0.25) is 0 Å². The van der Waals surface area contributed by atoms with Crippen molar-refractivity contribution in [2.24, 2.45) is 5.41 Å². The van der Waals surface area contributed by atoms with Crippen molar-refractivity contribution >= 4 is 17.8 Å². The molecule has 2 N–H and O–H groups in total. The Balaban J connectivity index is 1.98. The van der Waals surface area contributed by atoms with E-state index < -0.39 is 29.9 Å². The maximum atomic E-state index is 13.0. The number of aromatic nitrogens is 2. The van der Waals surface area contributed by atoms with E-state index in [2.05, 4.69) is 27.1 Å². The minimum Gasteiger partial charge on any atom is -0.465 e. The van der Waals surface area contributed by atoms with Crippen molar-refractivity contribution in [2.75, 3.05) is 11.9 Å². The molecule has 3 rings (SSSR count). The highest BCUT2D eigenvalue weighted by atomic mass is 19.4. The fourth-order valence-electron chi connectivity index (χ4n) is 3.47. The van der Waals surface area contributed by atoms with E-state index in [9.17, 15) is 27.9 Å². The maximum absolute atomic E-state index is 13.0. The Morgan fingerprint density at radius 2 is 1.71 bits per heavy atom. The van der Waals surface area contributed by atoms with Crippen molar-refractivity contribution in [1.29, 1.82) is 0 Å². The highest BCUT2D eigenvalue weighted by Crippen LogP contribution is 2.30. The Morgan fingerprint density at radius 3 is 2.26 bits per heavy atom. The van der Waals surface area contributed by atoms with Gasteiger partial charge in [-0.3, -0.25) is 14.7 Å². The molecular weight excluding hydrogens is 497 g/mol. The number of amides is 2. The lowest BCUT2D eigenvalue weighted by molar-refractivity contribution is -0.141. The summed E-state index contributed by atoms with van der Waals surface area (Å²) < 4.78 is 38.9. The smallest absolute Gasteiger partial charge is 0.433 e. The minimum absolute atomic E-state index is 0.0673. The number of hydrogen-bond donors (Lipinski definition) is 2. The first kappa shape index (κ1) is 28.2. The number of pyridine rings is 2. The van der Waals surface area contributed by atoms with Gasteiger partial charge in [0.15, 0.2) is 0 Å². The molecule has 1 aromatic carbocycles. The number of halogens is 3. The van der Waals surface area contributed by atoms with E-state index in [4.69, 9.17) is 0 Å². The van der Waals surface area contributed by atoms with Crippen LogP contribution in [0.4, 0.5) is 23.8 Å². The average Bonchev–Trinajstić information content (AvgIpc) is 2.85. The van der Waals surface area contributed by atoms with Crippen LogP contribution in [-0.4, -0.2) is 44.6 Å². The summed E-state index contributed by atoms with van der Waals surface area (Å²) in [6, 6.07) is 13.2. The Bertz CT molecular complexity index is 1360. The fraction of sp³-hybridized carbons (Fsp3) is 0.286. The molecule has 0 fully saturated rings. The van der Waals surface area contributed by atoms with Crippen molar-refractivity contribution in [3.63, 3.8) is 0 Å². The van der Waals surface area contributed by atoms with Gasteiger partial charge in [0.25, 0.3) is 0 Å². The van der Waals surface area contributed by atoms with Crippen molar-refractivity contribution in [3.05, 3.63) is 77.7 Å². The van der Waals surface area contributed by atoms with Crippen LogP contribution in [0.5, 0.6) is 0 Å². The zero-order valence-electron chi connectivity index (χ0n) is 21.3. The second-order valence-corrected chi connectivity index (χ2v) is 9.81. The van der Waals surface area contributed by atoms with Gasteiger partial charge in [-0.05, 0) is 54.2 Å². The van der Waals surface area contributed by atoms with Crippen LogP contribution in [0.3, 0.4) is 0 Å². The topological polar surface area (TPSA) is 95.4 Å². The van der Waals surface area contributed by atoms with Crippen LogP contribution in [0.15, 0.2) is 60.8 Å². The van der Waals surface area contributed by atoms with E-state index >= 15 is 0 Å². The second kappa shape index (κ2) is 11.3. The molecule has 0 spiro atoms. The zero-order valence-corrected chi connectivity index (χ0v) is 21.3.